The molecule has 2 aromatic carbocycles. The number of thioether (sulfide) groups is 1. The lowest BCUT2D eigenvalue weighted by atomic mass is 10.2. The molecule has 1 fully saturated rings. The number of carbonyl (C=O) groups excluding carboxylic acids is 1. The molecular formula is C20H17BrN2O5S. The minimum Gasteiger partial charge on any atom is -0.493 e. The van der Waals surface area contributed by atoms with E-state index < -0.39 is 12.1 Å². The van der Waals surface area contributed by atoms with Crippen molar-refractivity contribution in [1.82, 2.24) is 5.32 Å². The Labute approximate surface area is 179 Å². The number of halogens is 1. The van der Waals surface area contributed by atoms with Crippen LogP contribution < -0.4 is 14.8 Å². The van der Waals surface area contributed by atoms with Gasteiger partial charge in [0.1, 0.15) is 0 Å². The van der Waals surface area contributed by atoms with E-state index in [0.717, 1.165) is 10.2 Å². The lowest BCUT2D eigenvalue weighted by Crippen LogP contribution is -2.23. The molecule has 3 rings (SSSR count). The number of carboxylic acid groups (broad SMARTS) is 1. The summed E-state index contributed by atoms with van der Waals surface area (Å²) >= 11 is 4.60. The number of amides is 1. The number of ether oxygens (including phenoxy) is 2. The molecule has 2 aromatic rings. The Kier molecular flexibility index (Phi) is 6.60. The molecule has 29 heavy (non-hydrogen) atoms. The van der Waals surface area contributed by atoms with Crippen molar-refractivity contribution in [3.63, 3.8) is 0 Å². The number of rotatable bonds is 6. The number of aliphatic imine (C=N–C) groups is 1. The standard InChI is InChI=1S/C20H17BrN2O5S/c1-11(19(25)26)28-15-8-3-12(9-16(15)27-2)10-17-18(24)23-20(29-17)22-14-6-4-13(21)5-7-14/h3-11H,1-2H3,(H,25,26)(H,22,23,24)/b17-10-/t11-/m1/s1. The smallest absolute Gasteiger partial charge is 0.344 e. The average molecular weight is 477 g/mol. The van der Waals surface area contributed by atoms with Crippen LogP contribution in [0.5, 0.6) is 11.5 Å². The molecule has 1 aliphatic heterocycles. The zero-order chi connectivity index (χ0) is 21.0. The first-order chi connectivity index (χ1) is 13.9. The van der Waals surface area contributed by atoms with E-state index in [2.05, 4.69) is 26.2 Å². The van der Waals surface area contributed by atoms with Crippen LogP contribution in [0.2, 0.25) is 0 Å². The highest BCUT2D eigenvalue weighted by Crippen LogP contribution is 2.32. The van der Waals surface area contributed by atoms with E-state index in [4.69, 9.17) is 14.6 Å². The topological polar surface area (TPSA) is 97.2 Å². The highest BCUT2D eigenvalue weighted by atomic mass is 79.9. The summed E-state index contributed by atoms with van der Waals surface area (Å²) in [6, 6.07) is 12.4. The fourth-order valence-electron chi connectivity index (χ4n) is 2.38. The van der Waals surface area contributed by atoms with Gasteiger partial charge in [-0.25, -0.2) is 9.79 Å². The van der Waals surface area contributed by atoms with E-state index in [9.17, 15) is 9.59 Å². The Bertz CT molecular complexity index is 1000. The van der Waals surface area contributed by atoms with Gasteiger partial charge in [-0.3, -0.25) is 4.79 Å². The Morgan fingerprint density at radius 1 is 1.24 bits per heavy atom. The highest BCUT2D eigenvalue weighted by Gasteiger charge is 2.24. The predicted molar refractivity (Wildman–Crippen MR) is 116 cm³/mol. The van der Waals surface area contributed by atoms with Crippen molar-refractivity contribution in [2.45, 2.75) is 13.0 Å². The van der Waals surface area contributed by atoms with Gasteiger partial charge in [0.15, 0.2) is 22.8 Å². The second kappa shape index (κ2) is 9.15. The van der Waals surface area contributed by atoms with E-state index in [1.54, 1.807) is 24.3 Å². The molecule has 0 bridgehead atoms. The summed E-state index contributed by atoms with van der Waals surface area (Å²) in [7, 11) is 1.46. The fraction of sp³-hybridized carbons (Fsp3) is 0.150. The van der Waals surface area contributed by atoms with Crippen LogP contribution in [0.15, 0.2) is 56.8 Å². The molecule has 1 heterocycles. The Morgan fingerprint density at radius 3 is 2.62 bits per heavy atom. The Hall–Kier alpha value is -2.78. The lowest BCUT2D eigenvalue weighted by Gasteiger charge is -2.14. The third-order valence-corrected chi connectivity index (χ3v) is 5.28. The van der Waals surface area contributed by atoms with Crippen molar-refractivity contribution in [3.8, 4) is 11.5 Å². The molecule has 150 valence electrons. The maximum Gasteiger partial charge on any atom is 0.344 e. The van der Waals surface area contributed by atoms with Crippen molar-refractivity contribution in [2.24, 2.45) is 4.99 Å². The first-order valence-electron chi connectivity index (χ1n) is 8.48. The summed E-state index contributed by atoms with van der Waals surface area (Å²) in [5, 5.41) is 12.2. The zero-order valence-corrected chi connectivity index (χ0v) is 17.9. The molecule has 9 heteroatoms. The van der Waals surface area contributed by atoms with Crippen LogP contribution in [0.3, 0.4) is 0 Å². The molecule has 1 amide bonds. The van der Waals surface area contributed by atoms with Gasteiger partial charge in [-0.15, -0.1) is 0 Å². The fourth-order valence-corrected chi connectivity index (χ4v) is 3.48. The number of nitrogens with one attached hydrogen (secondary N) is 1. The van der Waals surface area contributed by atoms with E-state index >= 15 is 0 Å². The van der Waals surface area contributed by atoms with Gasteiger partial charge in [0, 0.05) is 4.47 Å². The largest absolute Gasteiger partial charge is 0.493 e. The number of carboxylic acids is 1. The van der Waals surface area contributed by atoms with Gasteiger partial charge in [-0.1, -0.05) is 22.0 Å². The molecule has 0 unspecified atom stereocenters. The first kappa shape index (κ1) is 20.9. The van der Waals surface area contributed by atoms with E-state index in [1.165, 1.54) is 25.8 Å². The summed E-state index contributed by atoms with van der Waals surface area (Å²) in [6.07, 6.45) is 0.693. The van der Waals surface area contributed by atoms with Crippen molar-refractivity contribution >= 4 is 56.5 Å². The molecule has 1 aliphatic rings. The van der Waals surface area contributed by atoms with Crippen LogP contribution in [-0.2, 0) is 9.59 Å². The second-order valence-electron chi connectivity index (χ2n) is 5.97. The van der Waals surface area contributed by atoms with Crippen LogP contribution in [0.4, 0.5) is 5.69 Å². The van der Waals surface area contributed by atoms with Gasteiger partial charge in [0.05, 0.1) is 17.7 Å². The molecular weight excluding hydrogens is 460 g/mol. The van der Waals surface area contributed by atoms with Gasteiger partial charge in [-0.05, 0) is 66.7 Å². The number of nitrogens with zero attached hydrogens (tertiary/aromatic N) is 1. The predicted octanol–water partition coefficient (Wildman–Crippen LogP) is 4.20. The van der Waals surface area contributed by atoms with Gasteiger partial charge in [0.2, 0.25) is 0 Å². The summed E-state index contributed by atoms with van der Waals surface area (Å²) in [5.74, 6) is -0.635. The average Bonchev–Trinajstić information content (AvgIpc) is 3.03. The Morgan fingerprint density at radius 2 is 1.97 bits per heavy atom. The second-order valence-corrected chi connectivity index (χ2v) is 7.91. The van der Waals surface area contributed by atoms with Crippen LogP contribution in [-0.4, -0.2) is 35.4 Å². The Balaban J connectivity index is 1.79. The number of methoxy groups -OCH3 is 1. The third kappa shape index (κ3) is 5.39. The molecule has 1 atom stereocenters. The van der Waals surface area contributed by atoms with Crippen LogP contribution >= 0.6 is 27.7 Å². The van der Waals surface area contributed by atoms with Crippen molar-refractivity contribution < 1.29 is 24.2 Å². The molecule has 0 saturated carbocycles. The van der Waals surface area contributed by atoms with Crippen molar-refractivity contribution in [2.75, 3.05) is 7.11 Å². The number of benzene rings is 2. The number of hydrogen-bond acceptors (Lipinski definition) is 6. The van der Waals surface area contributed by atoms with Gasteiger partial charge >= 0.3 is 5.97 Å². The molecule has 1 saturated heterocycles. The van der Waals surface area contributed by atoms with E-state index in [0.29, 0.717) is 27.1 Å². The van der Waals surface area contributed by atoms with E-state index in [-0.39, 0.29) is 5.91 Å². The normalized spacial score (nSPS) is 17.3. The first-order valence-corrected chi connectivity index (χ1v) is 10.1. The van der Waals surface area contributed by atoms with E-state index in [1.807, 2.05) is 24.3 Å². The van der Waals surface area contributed by atoms with Crippen LogP contribution in [0.25, 0.3) is 6.08 Å². The molecule has 0 aliphatic carbocycles. The molecule has 2 N–H and O–H groups in total. The van der Waals surface area contributed by atoms with Gasteiger partial charge < -0.3 is 19.9 Å². The number of carbonyl (C=O) groups is 2. The molecule has 0 aromatic heterocycles. The van der Waals surface area contributed by atoms with Crippen molar-refractivity contribution in [3.05, 3.63) is 57.4 Å². The maximum atomic E-state index is 12.3. The number of amidine groups is 1. The highest BCUT2D eigenvalue weighted by molar-refractivity contribution is 9.10. The summed E-state index contributed by atoms with van der Waals surface area (Å²) in [5.41, 5.74) is 1.44. The summed E-state index contributed by atoms with van der Waals surface area (Å²) in [4.78, 5) is 28.2. The minimum absolute atomic E-state index is 0.246. The van der Waals surface area contributed by atoms with Crippen LogP contribution in [0, 0.1) is 0 Å². The monoisotopic (exact) mass is 476 g/mol. The molecule has 7 nitrogen and oxygen atoms in total. The lowest BCUT2D eigenvalue weighted by molar-refractivity contribution is -0.144. The molecule has 0 radical (unpaired) electrons. The van der Waals surface area contributed by atoms with Gasteiger partial charge in [0.25, 0.3) is 5.91 Å². The SMILES string of the molecule is COc1cc(/C=C2\SC(=Nc3ccc(Br)cc3)NC2=O)ccc1O[C@H](C)C(=O)O. The summed E-state index contributed by atoms with van der Waals surface area (Å²) < 4.78 is 11.6. The quantitative estimate of drug-likeness (QED) is 0.606. The van der Waals surface area contributed by atoms with Crippen LogP contribution in [0.1, 0.15) is 12.5 Å². The van der Waals surface area contributed by atoms with Crippen molar-refractivity contribution in [1.29, 1.82) is 0 Å². The van der Waals surface area contributed by atoms with Gasteiger partial charge in [-0.2, -0.15) is 0 Å². The maximum absolute atomic E-state index is 12.3. The zero-order valence-electron chi connectivity index (χ0n) is 15.5. The number of hydrogen-bond donors (Lipinski definition) is 2. The molecule has 0 spiro atoms. The summed E-state index contributed by atoms with van der Waals surface area (Å²) in [6.45, 7) is 1.43. The third-order valence-electron chi connectivity index (χ3n) is 3.85. The number of aliphatic carboxylic acids is 1. The minimum atomic E-state index is -1.07.